The van der Waals surface area contributed by atoms with Crippen LogP contribution in [0.1, 0.15) is 34.5 Å². The minimum Gasteiger partial charge on any atom is -0.496 e. The molecule has 0 bridgehead atoms. The fourth-order valence-electron chi connectivity index (χ4n) is 4.89. The van der Waals surface area contributed by atoms with Crippen molar-refractivity contribution in [2.24, 2.45) is 0 Å². The molecule has 3 aromatic rings. The van der Waals surface area contributed by atoms with E-state index in [9.17, 15) is 9.90 Å². The number of ether oxygens (including phenoxy) is 1. The topological polar surface area (TPSA) is 66.2 Å². The molecule has 0 aliphatic carbocycles. The largest absolute Gasteiger partial charge is 0.496 e. The maximum absolute atomic E-state index is 12.8. The minimum absolute atomic E-state index is 0.0451. The Kier molecular flexibility index (Phi) is 7.18. The molecule has 7 heteroatoms. The Morgan fingerprint density at radius 3 is 2.66 bits per heavy atom. The van der Waals surface area contributed by atoms with Gasteiger partial charge >= 0.3 is 0 Å². The number of para-hydroxylation sites is 1. The van der Waals surface area contributed by atoms with Crippen LogP contribution in [0.3, 0.4) is 0 Å². The average molecular weight is 493 g/mol. The predicted octanol–water partition coefficient (Wildman–Crippen LogP) is 4.63. The first-order valence-electron chi connectivity index (χ1n) is 12.2. The monoisotopic (exact) mass is 492 g/mol. The highest BCUT2D eigenvalue weighted by molar-refractivity contribution is 7.99. The van der Waals surface area contributed by atoms with E-state index in [1.54, 1.807) is 7.11 Å². The van der Waals surface area contributed by atoms with E-state index in [-0.39, 0.29) is 5.91 Å². The molecule has 0 atom stereocenters. The number of piperidine rings is 1. The molecule has 0 spiro atoms. The zero-order valence-electron chi connectivity index (χ0n) is 20.1. The zero-order chi connectivity index (χ0) is 24.3. The van der Waals surface area contributed by atoms with E-state index in [2.05, 4.69) is 17.1 Å². The van der Waals surface area contributed by atoms with Gasteiger partial charge in [0.1, 0.15) is 11.3 Å². The van der Waals surface area contributed by atoms with Gasteiger partial charge in [0.05, 0.1) is 12.7 Å². The Morgan fingerprint density at radius 2 is 1.89 bits per heavy atom. The van der Waals surface area contributed by atoms with Crippen molar-refractivity contribution in [2.75, 3.05) is 51.3 Å². The first-order valence-corrected chi connectivity index (χ1v) is 13.4. The molecule has 6 nitrogen and oxygen atoms in total. The highest BCUT2D eigenvalue weighted by Crippen LogP contribution is 2.35. The summed E-state index contributed by atoms with van der Waals surface area (Å²) in [5, 5.41) is 12.3. The summed E-state index contributed by atoms with van der Waals surface area (Å²) in [6.45, 7) is 3.97. The van der Waals surface area contributed by atoms with E-state index in [1.807, 2.05) is 65.2 Å². The van der Waals surface area contributed by atoms with Crippen molar-refractivity contribution < 1.29 is 19.1 Å². The smallest absolute Gasteiger partial charge is 0.289 e. The number of rotatable bonds is 6. The maximum Gasteiger partial charge on any atom is 0.289 e. The number of thioether (sulfide) groups is 1. The number of hydrogen-bond donors (Lipinski definition) is 1. The van der Waals surface area contributed by atoms with Crippen LogP contribution in [-0.2, 0) is 5.60 Å². The summed E-state index contributed by atoms with van der Waals surface area (Å²) in [6.07, 6.45) is 5.57. The molecule has 2 aliphatic heterocycles. The standard InChI is InChI=1S/C28H32N2O4S/c1-33-24-7-3-2-5-21(24)6-4-12-29-13-10-28(32,11-14-29)23-8-9-25-22(19-23)20-26(34-25)27(31)30-15-17-35-18-16-30/h2-9,19-20,32H,10-18H2,1H3/b6-4+. The van der Waals surface area contributed by atoms with Crippen LogP contribution in [0.4, 0.5) is 0 Å². The van der Waals surface area contributed by atoms with Gasteiger partial charge in [-0.15, -0.1) is 0 Å². The number of nitrogens with zero attached hydrogens (tertiary/aromatic N) is 2. The van der Waals surface area contributed by atoms with Crippen LogP contribution in [0.15, 0.2) is 59.0 Å². The lowest BCUT2D eigenvalue weighted by molar-refractivity contribution is -0.0232. The maximum atomic E-state index is 12.8. The molecule has 5 rings (SSSR count). The summed E-state index contributed by atoms with van der Waals surface area (Å²) < 4.78 is 11.3. The number of benzene rings is 2. The Bertz CT molecular complexity index is 1210. The van der Waals surface area contributed by atoms with Crippen molar-refractivity contribution >= 4 is 34.7 Å². The quantitative estimate of drug-likeness (QED) is 0.541. The van der Waals surface area contributed by atoms with Crippen LogP contribution in [-0.4, -0.2) is 72.2 Å². The molecule has 2 fully saturated rings. The second-order valence-electron chi connectivity index (χ2n) is 9.24. The van der Waals surface area contributed by atoms with E-state index in [4.69, 9.17) is 9.15 Å². The number of fused-ring (bicyclic) bond motifs is 1. The molecule has 2 aliphatic rings. The third kappa shape index (κ3) is 5.27. The molecular weight excluding hydrogens is 460 g/mol. The average Bonchev–Trinajstić information content (AvgIpc) is 3.34. The highest BCUT2D eigenvalue weighted by Gasteiger charge is 2.34. The van der Waals surface area contributed by atoms with Crippen molar-refractivity contribution in [3.63, 3.8) is 0 Å². The first kappa shape index (κ1) is 24.0. The number of hydrogen-bond acceptors (Lipinski definition) is 6. The van der Waals surface area contributed by atoms with Gasteiger partial charge in [-0.2, -0.15) is 11.8 Å². The Balaban J connectivity index is 1.22. The van der Waals surface area contributed by atoms with Gasteiger partial charge in [-0.25, -0.2) is 0 Å². The number of amides is 1. The Labute approximate surface area is 210 Å². The SMILES string of the molecule is COc1ccccc1/C=C/CN1CCC(O)(c2ccc3oc(C(=O)N4CCSCC4)cc3c2)CC1. The minimum atomic E-state index is -0.872. The molecule has 0 radical (unpaired) electrons. The molecular formula is C28H32N2O4S. The molecule has 1 N–H and O–H groups in total. The number of furan rings is 1. The first-order chi connectivity index (χ1) is 17.1. The van der Waals surface area contributed by atoms with Gasteiger partial charge in [0.25, 0.3) is 5.91 Å². The summed E-state index contributed by atoms with van der Waals surface area (Å²) in [5.74, 6) is 3.14. The lowest BCUT2D eigenvalue weighted by atomic mass is 9.84. The summed E-state index contributed by atoms with van der Waals surface area (Å²) in [6, 6.07) is 15.6. The van der Waals surface area contributed by atoms with E-state index in [0.29, 0.717) is 24.2 Å². The lowest BCUT2D eigenvalue weighted by Crippen LogP contribution is -2.42. The fourth-order valence-corrected chi connectivity index (χ4v) is 5.79. The van der Waals surface area contributed by atoms with Crippen LogP contribution in [0, 0.1) is 0 Å². The van der Waals surface area contributed by atoms with Gasteiger partial charge in [-0.05, 0) is 42.7 Å². The van der Waals surface area contributed by atoms with Gasteiger partial charge < -0.3 is 19.2 Å². The van der Waals surface area contributed by atoms with Crippen LogP contribution in [0.2, 0.25) is 0 Å². The van der Waals surface area contributed by atoms with Crippen molar-refractivity contribution in [3.05, 3.63) is 71.5 Å². The summed E-state index contributed by atoms with van der Waals surface area (Å²) in [5.41, 5.74) is 1.77. The summed E-state index contributed by atoms with van der Waals surface area (Å²) in [7, 11) is 1.69. The lowest BCUT2D eigenvalue weighted by Gasteiger charge is -2.38. The Hall–Kier alpha value is -2.74. The van der Waals surface area contributed by atoms with E-state index >= 15 is 0 Å². The number of carbonyl (C=O) groups excluding carboxylic acids is 1. The van der Waals surface area contributed by atoms with Gasteiger partial charge in [0.2, 0.25) is 0 Å². The molecule has 35 heavy (non-hydrogen) atoms. The number of aliphatic hydroxyl groups is 1. The summed E-state index contributed by atoms with van der Waals surface area (Å²) >= 11 is 1.87. The molecule has 0 saturated carbocycles. The van der Waals surface area contributed by atoms with Crippen LogP contribution in [0.25, 0.3) is 17.0 Å². The van der Waals surface area contributed by atoms with Gasteiger partial charge in [0.15, 0.2) is 5.76 Å². The number of methoxy groups -OCH3 is 1. The van der Waals surface area contributed by atoms with Crippen molar-refractivity contribution in [3.8, 4) is 5.75 Å². The zero-order valence-corrected chi connectivity index (χ0v) is 20.9. The van der Waals surface area contributed by atoms with Crippen LogP contribution >= 0.6 is 11.8 Å². The highest BCUT2D eigenvalue weighted by atomic mass is 32.2. The molecule has 0 unspecified atom stereocenters. The van der Waals surface area contributed by atoms with E-state index in [1.165, 1.54) is 0 Å². The fraction of sp³-hybridized carbons (Fsp3) is 0.393. The third-order valence-electron chi connectivity index (χ3n) is 7.05. The van der Waals surface area contributed by atoms with Crippen molar-refractivity contribution in [2.45, 2.75) is 18.4 Å². The molecule has 2 saturated heterocycles. The second kappa shape index (κ2) is 10.5. The van der Waals surface area contributed by atoms with Crippen LogP contribution < -0.4 is 4.74 Å². The molecule has 1 amide bonds. The number of carbonyl (C=O) groups is 1. The molecule has 3 heterocycles. The van der Waals surface area contributed by atoms with Gasteiger partial charge in [0, 0.05) is 55.2 Å². The van der Waals surface area contributed by atoms with Gasteiger partial charge in [-0.3, -0.25) is 9.69 Å². The number of likely N-dealkylation sites (tertiary alicyclic amines) is 1. The molecule has 2 aromatic carbocycles. The summed E-state index contributed by atoms with van der Waals surface area (Å²) in [4.78, 5) is 17.0. The van der Waals surface area contributed by atoms with E-state index < -0.39 is 5.60 Å². The van der Waals surface area contributed by atoms with E-state index in [0.717, 1.165) is 66.5 Å². The molecule has 1 aromatic heterocycles. The predicted molar refractivity (Wildman–Crippen MR) is 141 cm³/mol. The normalized spacial score (nSPS) is 18.9. The van der Waals surface area contributed by atoms with Crippen LogP contribution in [0.5, 0.6) is 5.75 Å². The molecule has 184 valence electrons. The third-order valence-corrected chi connectivity index (χ3v) is 7.99. The van der Waals surface area contributed by atoms with Gasteiger partial charge in [-0.1, -0.05) is 36.4 Å². The second-order valence-corrected chi connectivity index (χ2v) is 10.5. The Morgan fingerprint density at radius 1 is 1.11 bits per heavy atom. The van der Waals surface area contributed by atoms with Crippen molar-refractivity contribution in [1.82, 2.24) is 9.80 Å². The van der Waals surface area contributed by atoms with Crippen molar-refractivity contribution in [1.29, 1.82) is 0 Å².